The van der Waals surface area contributed by atoms with Crippen LogP contribution in [-0.2, 0) is 0 Å². The van der Waals surface area contributed by atoms with Crippen molar-refractivity contribution in [1.29, 1.82) is 0 Å². The zero-order chi connectivity index (χ0) is 21.2. The number of aromatic nitrogens is 1. The minimum atomic E-state index is -0.399. The van der Waals surface area contributed by atoms with Crippen molar-refractivity contribution in [3.8, 4) is 27.6 Å². The van der Waals surface area contributed by atoms with E-state index in [0.29, 0.717) is 22.6 Å². The summed E-state index contributed by atoms with van der Waals surface area (Å²) in [7, 11) is 1.61. The number of nitrogens with zero attached hydrogens (tertiary/aromatic N) is 1. The van der Waals surface area contributed by atoms with Gasteiger partial charge in [0.25, 0.3) is 0 Å². The Labute approximate surface area is 187 Å². The van der Waals surface area contributed by atoms with Crippen molar-refractivity contribution in [2.75, 3.05) is 7.11 Å². The minimum Gasteiger partial charge on any atom is -0.497 e. The maximum atomic E-state index is 12.5. The van der Waals surface area contributed by atoms with E-state index in [1.807, 2.05) is 35.7 Å². The third-order valence-corrected chi connectivity index (χ3v) is 6.71. The first kappa shape index (κ1) is 19.6. The number of ether oxygens (including phenoxy) is 1. The van der Waals surface area contributed by atoms with Crippen LogP contribution >= 0.6 is 23.1 Å². The summed E-state index contributed by atoms with van der Waals surface area (Å²) in [5.41, 5.74) is 2.20. The van der Waals surface area contributed by atoms with E-state index < -0.39 is 5.63 Å². The average Bonchev–Trinajstić information content (AvgIpc) is 3.29. The molecule has 31 heavy (non-hydrogen) atoms. The van der Waals surface area contributed by atoms with Crippen LogP contribution in [-0.4, -0.2) is 12.1 Å². The molecule has 4 nitrogen and oxygen atoms in total. The van der Waals surface area contributed by atoms with Gasteiger partial charge >= 0.3 is 5.63 Å². The molecule has 0 amide bonds. The number of methoxy groups -OCH3 is 1. The highest BCUT2D eigenvalue weighted by Crippen LogP contribution is 2.32. The van der Waals surface area contributed by atoms with Crippen LogP contribution in [0.5, 0.6) is 5.75 Å². The quantitative estimate of drug-likeness (QED) is 0.281. The molecular formula is C25H17NO3S2. The summed E-state index contributed by atoms with van der Waals surface area (Å²) in [6.07, 6.45) is 0. The first-order valence-electron chi connectivity index (χ1n) is 9.61. The number of hydrogen-bond acceptors (Lipinski definition) is 6. The van der Waals surface area contributed by atoms with Crippen LogP contribution in [0.1, 0.15) is 0 Å². The van der Waals surface area contributed by atoms with Crippen LogP contribution in [0.3, 0.4) is 0 Å². The van der Waals surface area contributed by atoms with Gasteiger partial charge in [0.2, 0.25) is 0 Å². The third kappa shape index (κ3) is 4.13. The Morgan fingerprint density at radius 2 is 1.71 bits per heavy atom. The van der Waals surface area contributed by atoms with E-state index >= 15 is 0 Å². The molecule has 0 bridgehead atoms. The molecule has 152 valence electrons. The van der Waals surface area contributed by atoms with E-state index in [9.17, 15) is 4.79 Å². The van der Waals surface area contributed by atoms with Crippen molar-refractivity contribution in [2.24, 2.45) is 0 Å². The number of thiazole rings is 1. The van der Waals surface area contributed by atoms with Crippen molar-refractivity contribution in [1.82, 2.24) is 4.98 Å². The summed E-state index contributed by atoms with van der Waals surface area (Å²) < 4.78 is 10.8. The van der Waals surface area contributed by atoms with Crippen LogP contribution in [0.25, 0.3) is 32.8 Å². The van der Waals surface area contributed by atoms with E-state index in [1.54, 1.807) is 31.0 Å². The number of fused-ring (bicyclic) bond motifs is 1. The van der Waals surface area contributed by atoms with Crippen LogP contribution in [0.15, 0.2) is 103 Å². The molecule has 6 heteroatoms. The lowest BCUT2D eigenvalue weighted by Crippen LogP contribution is -2.02. The normalized spacial score (nSPS) is 11.0. The molecule has 0 N–H and O–H groups in total. The number of benzene rings is 3. The fourth-order valence-electron chi connectivity index (χ4n) is 3.23. The van der Waals surface area contributed by atoms with Crippen molar-refractivity contribution in [2.45, 2.75) is 9.79 Å². The molecule has 2 aromatic heterocycles. The highest BCUT2D eigenvalue weighted by atomic mass is 32.2. The molecule has 0 saturated heterocycles. The van der Waals surface area contributed by atoms with Gasteiger partial charge in [0, 0.05) is 26.1 Å². The molecule has 0 fully saturated rings. The monoisotopic (exact) mass is 443 g/mol. The highest BCUT2D eigenvalue weighted by molar-refractivity contribution is 7.99. The Morgan fingerprint density at radius 1 is 0.935 bits per heavy atom. The van der Waals surface area contributed by atoms with Crippen molar-refractivity contribution in [3.63, 3.8) is 0 Å². The van der Waals surface area contributed by atoms with Crippen LogP contribution in [0.2, 0.25) is 0 Å². The summed E-state index contributed by atoms with van der Waals surface area (Å²) in [6, 6.07) is 25.7. The summed E-state index contributed by atoms with van der Waals surface area (Å²) in [4.78, 5) is 19.6. The Morgan fingerprint density at radius 3 is 2.48 bits per heavy atom. The maximum absolute atomic E-state index is 12.5. The maximum Gasteiger partial charge on any atom is 0.345 e. The number of rotatable bonds is 5. The zero-order valence-electron chi connectivity index (χ0n) is 16.6. The van der Waals surface area contributed by atoms with Gasteiger partial charge in [0.05, 0.1) is 18.4 Å². The Kier molecular flexibility index (Phi) is 5.32. The van der Waals surface area contributed by atoms with Crippen molar-refractivity contribution in [3.05, 3.63) is 94.7 Å². The number of hydrogen-bond donors (Lipinski definition) is 0. The fourth-order valence-corrected chi connectivity index (χ4v) is 4.89. The molecule has 0 aliphatic heterocycles. The van der Waals surface area contributed by atoms with Gasteiger partial charge in [-0.3, -0.25) is 0 Å². The molecule has 5 rings (SSSR count). The van der Waals surface area contributed by atoms with E-state index in [4.69, 9.17) is 14.1 Å². The molecule has 0 spiro atoms. The second kappa shape index (κ2) is 8.41. The van der Waals surface area contributed by atoms with Crippen LogP contribution < -0.4 is 10.4 Å². The summed E-state index contributed by atoms with van der Waals surface area (Å²) in [6.45, 7) is 0. The third-order valence-electron chi connectivity index (χ3n) is 4.80. The SMILES string of the molecule is COc1ccc2oc(=O)c(-c3csc(-c4ccc(Sc5ccccc5)cc4)n3)cc2c1. The van der Waals surface area contributed by atoms with Gasteiger partial charge in [-0.2, -0.15) is 0 Å². The topological polar surface area (TPSA) is 52.3 Å². The van der Waals surface area contributed by atoms with Gasteiger partial charge in [0.1, 0.15) is 16.3 Å². The molecule has 0 radical (unpaired) electrons. The van der Waals surface area contributed by atoms with Crippen LogP contribution in [0.4, 0.5) is 0 Å². The van der Waals surface area contributed by atoms with Crippen LogP contribution in [0, 0.1) is 0 Å². The first-order valence-corrected chi connectivity index (χ1v) is 11.3. The molecular weight excluding hydrogens is 426 g/mol. The predicted octanol–water partition coefficient (Wildman–Crippen LogP) is 6.74. The second-order valence-electron chi connectivity index (χ2n) is 6.83. The predicted molar refractivity (Wildman–Crippen MR) is 126 cm³/mol. The van der Waals surface area contributed by atoms with E-state index in [-0.39, 0.29) is 0 Å². The van der Waals surface area contributed by atoms with E-state index in [0.717, 1.165) is 20.9 Å². The first-order chi connectivity index (χ1) is 15.2. The molecule has 0 atom stereocenters. The minimum absolute atomic E-state index is 0.399. The van der Waals surface area contributed by atoms with Gasteiger partial charge in [-0.1, -0.05) is 42.1 Å². The molecule has 0 aliphatic rings. The molecule has 0 unspecified atom stereocenters. The standard InChI is InChI=1S/C25H17NO3S2/c1-28-18-9-12-23-17(13-18)14-21(25(27)29-23)22-15-30-24(26-22)16-7-10-20(11-8-16)31-19-5-3-2-4-6-19/h2-15H,1H3. The average molecular weight is 444 g/mol. The van der Waals surface area contributed by atoms with Gasteiger partial charge < -0.3 is 9.15 Å². The van der Waals surface area contributed by atoms with Crippen molar-refractivity contribution >= 4 is 34.1 Å². The fraction of sp³-hybridized carbons (Fsp3) is 0.0400. The summed E-state index contributed by atoms with van der Waals surface area (Å²) >= 11 is 3.22. The van der Waals surface area contributed by atoms with Crippen molar-refractivity contribution < 1.29 is 9.15 Å². The zero-order valence-corrected chi connectivity index (χ0v) is 18.2. The van der Waals surface area contributed by atoms with E-state index in [1.165, 1.54) is 16.2 Å². The molecule has 0 saturated carbocycles. The Balaban J connectivity index is 1.43. The summed E-state index contributed by atoms with van der Waals surface area (Å²) in [5, 5.41) is 3.54. The lowest BCUT2D eigenvalue weighted by molar-refractivity contribution is 0.415. The molecule has 3 aromatic carbocycles. The lowest BCUT2D eigenvalue weighted by atomic mass is 10.1. The second-order valence-corrected chi connectivity index (χ2v) is 8.83. The van der Waals surface area contributed by atoms with Gasteiger partial charge in [-0.05, 0) is 48.5 Å². The van der Waals surface area contributed by atoms with E-state index in [2.05, 4.69) is 36.4 Å². The largest absolute Gasteiger partial charge is 0.497 e. The van der Waals surface area contributed by atoms with Gasteiger partial charge in [-0.25, -0.2) is 9.78 Å². The summed E-state index contributed by atoms with van der Waals surface area (Å²) in [5.74, 6) is 0.708. The lowest BCUT2D eigenvalue weighted by Gasteiger charge is -2.03. The Hall–Kier alpha value is -3.35. The smallest absolute Gasteiger partial charge is 0.345 e. The highest BCUT2D eigenvalue weighted by Gasteiger charge is 2.13. The Bertz CT molecular complexity index is 1410. The molecule has 5 aromatic rings. The van der Waals surface area contributed by atoms with Gasteiger partial charge in [0.15, 0.2) is 0 Å². The molecule has 0 aliphatic carbocycles. The van der Waals surface area contributed by atoms with Gasteiger partial charge in [-0.15, -0.1) is 11.3 Å². The molecule has 2 heterocycles.